The topological polar surface area (TPSA) is 75.4 Å². The Morgan fingerprint density at radius 2 is 1.72 bits per heavy atom. The summed E-state index contributed by atoms with van der Waals surface area (Å²) in [6.07, 6.45) is 1.91. The van der Waals surface area contributed by atoms with Gasteiger partial charge in [-0.05, 0) is 42.3 Å². The van der Waals surface area contributed by atoms with Crippen molar-refractivity contribution in [1.29, 1.82) is 0 Å². The number of methoxy groups -OCH3 is 2. The van der Waals surface area contributed by atoms with E-state index in [1.807, 2.05) is 6.07 Å². The zero-order valence-corrected chi connectivity index (χ0v) is 17.7. The van der Waals surface area contributed by atoms with E-state index in [2.05, 4.69) is 4.98 Å². The molecule has 0 amide bonds. The van der Waals surface area contributed by atoms with Crippen molar-refractivity contribution in [2.24, 2.45) is 0 Å². The van der Waals surface area contributed by atoms with Gasteiger partial charge < -0.3 is 9.47 Å². The minimum Gasteiger partial charge on any atom is -0.493 e. The predicted octanol–water partition coefficient (Wildman–Crippen LogP) is 3.01. The number of rotatable bonds is 7. The molecule has 0 fully saturated rings. The first-order chi connectivity index (χ1) is 15.5. The standard InChI is InChI=1S/C24H22FN3O4/c1-31-20-10-9-16(14-21(20)32-2)11-13-27-23(29)22-19(8-5-12-26-22)28(24(27)30)15-17-6-3-4-7-18(17)25/h3-10,12,14H,11,13,15H2,1-2H3. The first-order valence-corrected chi connectivity index (χ1v) is 10.1. The summed E-state index contributed by atoms with van der Waals surface area (Å²) in [6.45, 7) is 0.126. The zero-order valence-electron chi connectivity index (χ0n) is 17.7. The van der Waals surface area contributed by atoms with Crippen molar-refractivity contribution < 1.29 is 13.9 Å². The maximum atomic E-state index is 14.3. The summed E-state index contributed by atoms with van der Waals surface area (Å²) in [5.41, 5.74) is 0.763. The molecular formula is C24H22FN3O4. The minimum absolute atomic E-state index is 0.00958. The lowest BCUT2D eigenvalue weighted by atomic mass is 10.1. The van der Waals surface area contributed by atoms with E-state index < -0.39 is 17.1 Å². The van der Waals surface area contributed by atoms with Gasteiger partial charge in [0.25, 0.3) is 5.56 Å². The van der Waals surface area contributed by atoms with E-state index in [0.29, 0.717) is 29.0 Å². The van der Waals surface area contributed by atoms with Crippen molar-refractivity contribution in [2.45, 2.75) is 19.5 Å². The zero-order chi connectivity index (χ0) is 22.7. The molecule has 4 aromatic rings. The summed E-state index contributed by atoms with van der Waals surface area (Å²) in [5, 5.41) is 0. The number of aryl methyl sites for hydroxylation is 1. The molecule has 4 rings (SSSR count). The van der Waals surface area contributed by atoms with E-state index in [-0.39, 0.29) is 18.6 Å². The van der Waals surface area contributed by atoms with E-state index in [4.69, 9.17) is 9.47 Å². The molecular weight excluding hydrogens is 413 g/mol. The highest BCUT2D eigenvalue weighted by atomic mass is 19.1. The number of fused-ring (bicyclic) bond motifs is 1. The van der Waals surface area contributed by atoms with Gasteiger partial charge in [0, 0.05) is 18.3 Å². The van der Waals surface area contributed by atoms with Crippen molar-refractivity contribution in [2.75, 3.05) is 14.2 Å². The monoisotopic (exact) mass is 435 g/mol. The molecule has 2 aromatic carbocycles. The second-order valence-electron chi connectivity index (χ2n) is 7.23. The number of halogens is 1. The summed E-state index contributed by atoms with van der Waals surface area (Å²) in [4.78, 5) is 30.5. The smallest absolute Gasteiger partial charge is 0.331 e. The number of hydrogen-bond donors (Lipinski definition) is 0. The quantitative estimate of drug-likeness (QED) is 0.446. The highest BCUT2D eigenvalue weighted by Gasteiger charge is 2.16. The van der Waals surface area contributed by atoms with Crippen LogP contribution in [-0.4, -0.2) is 28.3 Å². The number of ether oxygens (including phenoxy) is 2. The van der Waals surface area contributed by atoms with Gasteiger partial charge in [-0.3, -0.25) is 13.9 Å². The van der Waals surface area contributed by atoms with E-state index in [9.17, 15) is 14.0 Å². The molecule has 2 heterocycles. The van der Waals surface area contributed by atoms with E-state index in [1.165, 1.54) is 16.8 Å². The molecule has 0 saturated carbocycles. The van der Waals surface area contributed by atoms with E-state index in [0.717, 1.165) is 10.1 Å². The van der Waals surface area contributed by atoms with Crippen molar-refractivity contribution in [3.05, 3.63) is 98.6 Å². The first kappa shape index (κ1) is 21.3. The van der Waals surface area contributed by atoms with Gasteiger partial charge in [0.1, 0.15) is 5.82 Å². The maximum Gasteiger partial charge on any atom is 0.331 e. The Hall–Kier alpha value is -3.94. The van der Waals surface area contributed by atoms with Gasteiger partial charge in [-0.15, -0.1) is 0 Å². The number of pyridine rings is 1. The van der Waals surface area contributed by atoms with Crippen LogP contribution in [0.15, 0.2) is 70.4 Å². The Morgan fingerprint density at radius 3 is 2.47 bits per heavy atom. The molecule has 0 bridgehead atoms. The molecule has 0 aliphatic heterocycles. The number of nitrogens with zero attached hydrogens (tertiary/aromatic N) is 3. The lowest BCUT2D eigenvalue weighted by Gasteiger charge is -2.14. The normalized spacial score (nSPS) is 11.0. The molecule has 0 saturated heterocycles. The van der Waals surface area contributed by atoms with Gasteiger partial charge in [-0.25, -0.2) is 14.2 Å². The van der Waals surface area contributed by atoms with E-state index in [1.54, 1.807) is 56.7 Å². The molecule has 2 aromatic heterocycles. The fraction of sp³-hybridized carbons (Fsp3) is 0.208. The van der Waals surface area contributed by atoms with Crippen molar-refractivity contribution in [3.63, 3.8) is 0 Å². The van der Waals surface area contributed by atoms with Crippen molar-refractivity contribution >= 4 is 11.0 Å². The fourth-order valence-corrected chi connectivity index (χ4v) is 3.67. The number of hydrogen-bond acceptors (Lipinski definition) is 5. The SMILES string of the molecule is COc1ccc(CCn2c(=O)c3ncccc3n(Cc3ccccc3F)c2=O)cc1OC. The molecule has 0 radical (unpaired) electrons. The van der Waals surface area contributed by atoms with Gasteiger partial charge in [0.05, 0.1) is 26.3 Å². The van der Waals surface area contributed by atoms with Gasteiger partial charge in [0.2, 0.25) is 0 Å². The lowest BCUT2D eigenvalue weighted by molar-refractivity contribution is 0.354. The molecule has 0 N–H and O–H groups in total. The second-order valence-corrected chi connectivity index (χ2v) is 7.23. The predicted molar refractivity (Wildman–Crippen MR) is 119 cm³/mol. The van der Waals surface area contributed by atoms with Gasteiger partial charge in [-0.1, -0.05) is 24.3 Å². The summed E-state index contributed by atoms with van der Waals surface area (Å²) in [7, 11) is 3.10. The maximum absolute atomic E-state index is 14.3. The molecule has 164 valence electrons. The summed E-state index contributed by atoms with van der Waals surface area (Å²) in [5.74, 6) is 0.740. The second kappa shape index (κ2) is 9.05. The van der Waals surface area contributed by atoms with Crippen LogP contribution in [0.5, 0.6) is 11.5 Å². The van der Waals surface area contributed by atoms with Crippen LogP contribution in [-0.2, 0) is 19.5 Å². The average molecular weight is 435 g/mol. The summed E-state index contributed by atoms with van der Waals surface area (Å²) >= 11 is 0. The average Bonchev–Trinajstić information content (AvgIpc) is 2.82. The minimum atomic E-state index is -0.515. The van der Waals surface area contributed by atoms with Crippen LogP contribution >= 0.6 is 0 Å². The lowest BCUT2D eigenvalue weighted by Crippen LogP contribution is -2.41. The summed E-state index contributed by atoms with van der Waals surface area (Å²) < 4.78 is 27.4. The van der Waals surface area contributed by atoms with Crippen LogP contribution < -0.4 is 20.7 Å². The third kappa shape index (κ3) is 3.99. The Balaban J connectivity index is 1.76. The number of aromatic nitrogens is 3. The fourth-order valence-electron chi connectivity index (χ4n) is 3.67. The third-order valence-corrected chi connectivity index (χ3v) is 5.35. The molecule has 0 unspecified atom stereocenters. The van der Waals surface area contributed by atoms with Gasteiger partial charge >= 0.3 is 5.69 Å². The molecule has 7 nitrogen and oxygen atoms in total. The molecule has 8 heteroatoms. The number of benzene rings is 2. The highest BCUT2D eigenvalue weighted by Crippen LogP contribution is 2.27. The van der Waals surface area contributed by atoms with Crippen LogP contribution in [0.1, 0.15) is 11.1 Å². The van der Waals surface area contributed by atoms with Crippen LogP contribution in [0.2, 0.25) is 0 Å². The molecule has 0 spiro atoms. The van der Waals surface area contributed by atoms with Crippen LogP contribution in [0, 0.1) is 5.82 Å². The molecule has 0 atom stereocenters. The van der Waals surface area contributed by atoms with Crippen LogP contribution in [0.4, 0.5) is 4.39 Å². The highest BCUT2D eigenvalue weighted by molar-refractivity contribution is 5.73. The van der Waals surface area contributed by atoms with Crippen LogP contribution in [0.25, 0.3) is 11.0 Å². The summed E-state index contributed by atoms with van der Waals surface area (Å²) in [6, 6.07) is 15.0. The Morgan fingerprint density at radius 1 is 0.938 bits per heavy atom. The molecule has 0 aliphatic rings. The van der Waals surface area contributed by atoms with Crippen LogP contribution in [0.3, 0.4) is 0 Å². The van der Waals surface area contributed by atoms with Crippen molar-refractivity contribution in [3.8, 4) is 11.5 Å². The van der Waals surface area contributed by atoms with E-state index >= 15 is 0 Å². The Kier molecular flexibility index (Phi) is 6.02. The Labute approximate surface area is 183 Å². The third-order valence-electron chi connectivity index (χ3n) is 5.35. The van der Waals surface area contributed by atoms with Gasteiger partial charge in [0.15, 0.2) is 17.0 Å². The molecule has 0 aliphatic carbocycles. The molecule has 32 heavy (non-hydrogen) atoms. The Bertz CT molecular complexity index is 1390. The van der Waals surface area contributed by atoms with Gasteiger partial charge in [-0.2, -0.15) is 0 Å². The van der Waals surface area contributed by atoms with Crippen molar-refractivity contribution in [1.82, 2.24) is 14.1 Å². The largest absolute Gasteiger partial charge is 0.493 e. The first-order valence-electron chi connectivity index (χ1n) is 10.1.